The van der Waals surface area contributed by atoms with Gasteiger partial charge in [-0.2, -0.15) is 9.41 Å². The number of benzene rings is 3. The van der Waals surface area contributed by atoms with Crippen molar-refractivity contribution in [3.63, 3.8) is 0 Å². The maximum absolute atomic E-state index is 13.3. The van der Waals surface area contributed by atoms with Gasteiger partial charge in [-0.25, -0.2) is 13.8 Å². The molecule has 0 spiro atoms. The van der Waals surface area contributed by atoms with Crippen molar-refractivity contribution in [2.75, 3.05) is 26.8 Å². The van der Waals surface area contributed by atoms with Crippen LogP contribution in [0.25, 0.3) is 0 Å². The summed E-state index contributed by atoms with van der Waals surface area (Å²) in [5, 5.41) is 3.92. The fraction of sp³-hybridized carbons (Fsp3) is 0.192. The Morgan fingerprint density at radius 1 is 0.973 bits per heavy atom. The van der Waals surface area contributed by atoms with Crippen molar-refractivity contribution in [2.24, 2.45) is 10.8 Å². The molecule has 0 aliphatic rings. The fourth-order valence-electron chi connectivity index (χ4n) is 3.26. The summed E-state index contributed by atoms with van der Waals surface area (Å²) in [4.78, 5) is 23.5. The van der Waals surface area contributed by atoms with Gasteiger partial charge in [0.05, 0.1) is 24.8 Å². The van der Waals surface area contributed by atoms with E-state index in [0.29, 0.717) is 23.5 Å². The molecular weight excluding hydrogens is 496 g/mol. The van der Waals surface area contributed by atoms with E-state index in [4.69, 9.17) is 15.2 Å². The molecule has 10 nitrogen and oxygen atoms in total. The standard InChI is InChI=1S/C26H28N4O6S/c1-35-22-11-13-24(14-12-22)37(33,34)30(16-15-20-5-3-2-4-6-20)18-26(32)29-28-17-21-7-9-23(10-8-21)36-19-25(27)31/h2-14,17H,15-16,18-19H2,1H3,(H2,27,31)(H,29,32)/b28-17-. The molecule has 37 heavy (non-hydrogen) atoms. The van der Waals surface area contributed by atoms with Crippen LogP contribution < -0.4 is 20.6 Å². The molecule has 0 saturated heterocycles. The Morgan fingerprint density at radius 3 is 2.24 bits per heavy atom. The lowest BCUT2D eigenvalue weighted by Gasteiger charge is -2.21. The second-order valence-corrected chi connectivity index (χ2v) is 9.80. The Labute approximate surface area is 215 Å². The summed E-state index contributed by atoms with van der Waals surface area (Å²) in [5.74, 6) is -0.199. The van der Waals surface area contributed by atoms with E-state index in [9.17, 15) is 18.0 Å². The summed E-state index contributed by atoms with van der Waals surface area (Å²) in [5.41, 5.74) is 9.01. The number of ether oxygens (including phenoxy) is 2. The van der Waals surface area contributed by atoms with Crippen LogP contribution in [0.5, 0.6) is 11.5 Å². The summed E-state index contributed by atoms with van der Waals surface area (Å²) >= 11 is 0. The average Bonchev–Trinajstić information content (AvgIpc) is 2.91. The predicted octanol–water partition coefficient (Wildman–Crippen LogP) is 1.94. The lowest BCUT2D eigenvalue weighted by molar-refractivity contribution is -0.121. The fourth-order valence-corrected chi connectivity index (χ4v) is 4.66. The van der Waals surface area contributed by atoms with Crippen LogP contribution >= 0.6 is 0 Å². The number of hydrogen-bond donors (Lipinski definition) is 2. The molecule has 3 rings (SSSR count). The molecule has 0 saturated carbocycles. The van der Waals surface area contributed by atoms with Gasteiger partial charge in [0, 0.05) is 6.54 Å². The van der Waals surface area contributed by atoms with Crippen LogP contribution in [0.2, 0.25) is 0 Å². The van der Waals surface area contributed by atoms with Crippen molar-refractivity contribution in [3.8, 4) is 11.5 Å². The van der Waals surface area contributed by atoms with E-state index < -0.39 is 28.4 Å². The van der Waals surface area contributed by atoms with Gasteiger partial charge in [0.25, 0.3) is 11.8 Å². The van der Waals surface area contributed by atoms with Gasteiger partial charge in [0.1, 0.15) is 11.5 Å². The van der Waals surface area contributed by atoms with Gasteiger partial charge in [-0.05, 0) is 66.1 Å². The zero-order valence-electron chi connectivity index (χ0n) is 20.2. The minimum atomic E-state index is -3.97. The number of amides is 2. The molecule has 3 aromatic carbocycles. The topological polar surface area (TPSA) is 140 Å². The van der Waals surface area contributed by atoms with Crippen molar-refractivity contribution >= 4 is 28.1 Å². The molecule has 0 bridgehead atoms. The number of nitrogens with zero attached hydrogens (tertiary/aromatic N) is 2. The van der Waals surface area contributed by atoms with Crippen molar-refractivity contribution in [1.82, 2.24) is 9.73 Å². The van der Waals surface area contributed by atoms with E-state index in [-0.39, 0.29) is 18.0 Å². The molecule has 194 valence electrons. The number of hydrazone groups is 1. The van der Waals surface area contributed by atoms with Gasteiger partial charge in [-0.3, -0.25) is 9.59 Å². The molecule has 0 heterocycles. The highest BCUT2D eigenvalue weighted by molar-refractivity contribution is 7.89. The normalized spacial score (nSPS) is 11.4. The molecule has 3 N–H and O–H groups in total. The number of hydrogen-bond acceptors (Lipinski definition) is 7. The highest BCUT2D eigenvalue weighted by Crippen LogP contribution is 2.20. The maximum Gasteiger partial charge on any atom is 0.255 e. The van der Waals surface area contributed by atoms with E-state index in [0.717, 1.165) is 9.87 Å². The number of sulfonamides is 1. The molecule has 0 atom stereocenters. The van der Waals surface area contributed by atoms with Gasteiger partial charge in [-0.1, -0.05) is 30.3 Å². The average molecular weight is 525 g/mol. The van der Waals surface area contributed by atoms with Crippen LogP contribution in [0, 0.1) is 0 Å². The molecule has 0 aliphatic heterocycles. The lowest BCUT2D eigenvalue weighted by Crippen LogP contribution is -2.40. The first-order valence-corrected chi connectivity index (χ1v) is 12.7. The number of rotatable bonds is 13. The van der Waals surface area contributed by atoms with E-state index in [1.54, 1.807) is 36.4 Å². The third-order valence-electron chi connectivity index (χ3n) is 5.17. The molecular formula is C26H28N4O6S. The van der Waals surface area contributed by atoms with Gasteiger partial charge in [0.15, 0.2) is 6.61 Å². The third kappa shape index (κ3) is 8.44. The smallest absolute Gasteiger partial charge is 0.255 e. The largest absolute Gasteiger partial charge is 0.497 e. The Morgan fingerprint density at radius 2 is 1.62 bits per heavy atom. The Hall–Kier alpha value is -4.22. The summed E-state index contributed by atoms with van der Waals surface area (Å²) in [6, 6.07) is 22.0. The number of nitrogens with two attached hydrogens (primary N) is 1. The van der Waals surface area contributed by atoms with Crippen LogP contribution in [-0.4, -0.2) is 57.6 Å². The highest BCUT2D eigenvalue weighted by atomic mass is 32.2. The van der Waals surface area contributed by atoms with Crippen LogP contribution in [0.15, 0.2) is 88.9 Å². The molecule has 0 aromatic heterocycles. The van der Waals surface area contributed by atoms with Crippen LogP contribution in [0.4, 0.5) is 0 Å². The van der Waals surface area contributed by atoms with Crippen molar-refractivity contribution < 1.29 is 27.5 Å². The van der Waals surface area contributed by atoms with E-state index in [2.05, 4.69) is 10.5 Å². The van der Waals surface area contributed by atoms with Crippen LogP contribution in [0.3, 0.4) is 0 Å². The number of nitrogens with one attached hydrogen (secondary N) is 1. The molecule has 0 aliphatic carbocycles. The SMILES string of the molecule is COc1ccc(S(=O)(=O)N(CCc2ccccc2)CC(=O)N/N=C\c2ccc(OCC(N)=O)cc2)cc1. The minimum absolute atomic E-state index is 0.0521. The van der Waals surface area contributed by atoms with Crippen LogP contribution in [-0.2, 0) is 26.0 Å². The number of methoxy groups -OCH3 is 1. The van der Waals surface area contributed by atoms with Gasteiger partial charge in [-0.15, -0.1) is 0 Å². The Kier molecular flexibility index (Phi) is 9.76. The third-order valence-corrected chi connectivity index (χ3v) is 7.03. The summed E-state index contributed by atoms with van der Waals surface area (Å²) < 4.78 is 38.1. The lowest BCUT2D eigenvalue weighted by atomic mass is 10.1. The molecule has 2 amide bonds. The molecule has 0 radical (unpaired) electrons. The summed E-state index contributed by atoms with van der Waals surface area (Å²) in [7, 11) is -2.47. The van der Waals surface area contributed by atoms with Gasteiger partial charge < -0.3 is 15.2 Å². The van der Waals surface area contributed by atoms with Gasteiger partial charge >= 0.3 is 0 Å². The zero-order chi connectivity index (χ0) is 26.7. The minimum Gasteiger partial charge on any atom is -0.497 e. The number of primary amides is 1. The van der Waals surface area contributed by atoms with Crippen molar-refractivity contribution in [1.29, 1.82) is 0 Å². The zero-order valence-corrected chi connectivity index (χ0v) is 21.1. The number of carbonyl (C=O) groups is 2. The van der Waals surface area contributed by atoms with Crippen molar-refractivity contribution in [2.45, 2.75) is 11.3 Å². The Balaban J connectivity index is 1.67. The molecule has 0 fully saturated rings. The predicted molar refractivity (Wildman–Crippen MR) is 139 cm³/mol. The summed E-state index contributed by atoms with van der Waals surface area (Å²) in [6.07, 6.45) is 1.83. The molecule has 11 heteroatoms. The first-order chi connectivity index (χ1) is 17.8. The Bertz CT molecular complexity index is 1310. The van der Waals surface area contributed by atoms with E-state index in [1.165, 1.54) is 25.5 Å². The van der Waals surface area contributed by atoms with Gasteiger partial charge in [0.2, 0.25) is 10.0 Å². The first kappa shape index (κ1) is 27.4. The highest BCUT2D eigenvalue weighted by Gasteiger charge is 2.26. The van der Waals surface area contributed by atoms with Crippen molar-refractivity contribution in [3.05, 3.63) is 90.0 Å². The van der Waals surface area contributed by atoms with Crippen LogP contribution in [0.1, 0.15) is 11.1 Å². The van der Waals surface area contributed by atoms with E-state index >= 15 is 0 Å². The first-order valence-electron chi connectivity index (χ1n) is 11.3. The quantitative estimate of drug-likeness (QED) is 0.259. The second kappa shape index (κ2) is 13.2. The monoisotopic (exact) mass is 524 g/mol. The number of carbonyl (C=O) groups excluding carboxylic acids is 2. The summed E-state index contributed by atoms with van der Waals surface area (Å²) in [6.45, 7) is -0.551. The maximum atomic E-state index is 13.3. The molecule has 0 unspecified atom stereocenters. The van der Waals surface area contributed by atoms with E-state index in [1.807, 2.05) is 30.3 Å². The second-order valence-electron chi connectivity index (χ2n) is 7.87. The molecule has 3 aromatic rings.